The van der Waals surface area contributed by atoms with Gasteiger partial charge < -0.3 is 10.8 Å². The molecule has 0 rings (SSSR count). The molecule has 0 saturated heterocycles. The molecule has 8 heavy (non-hydrogen) atoms. The summed E-state index contributed by atoms with van der Waals surface area (Å²) in [6, 6.07) is -0.486. The predicted molar refractivity (Wildman–Crippen MR) is 38.7 cm³/mol. The van der Waals surface area contributed by atoms with Gasteiger partial charge in [-0.2, -0.15) is 0 Å². The normalized spacial score (nSPS) is 13.4. The summed E-state index contributed by atoms with van der Waals surface area (Å²) >= 11 is 1.62. The van der Waals surface area contributed by atoms with E-state index in [0.29, 0.717) is 6.42 Å². The molecule has 0 heterocycles. The van der Waals surface area contributed by atoms with Crippen LogP contribution in [0, 0.1) is 0 Å². The van der Waals surface area contributed by atoms with Crippen LogP contribution in [0.1, 0.15) is 6.42 Å². The number of rotatable bonds is 3. The molecule has 0 unspecified atom stereocenters. The summed E-state index contributed by atoms with van der Waals surface area (Å²) in [6.07, 6.45) is 0.363. The summed E-state index contributed by atoms with van der Waals surface area (Å²) in [6.45, 7) is -0.0179. The number of carbonyl (C=O) groups excluding carboxylic acids is 1. The molecule has 0 bridgehead atoms. The number of nitrogens with two attached hydrogens (primary N) is 1. The van der Waals surface area contributed by atoms with E-state index >= 15 is 0 Å². The average Bonchev–Trinajstić information content (AvgIpc) is 1.67. The quantitative estimate of drug-likeness (QED) is 0.514. The smallest absolute Gasteiger partial charge is 0.209 e. The Bertz CT molecular complexity index is 86.1. The van der Waals surface area contributed by atoms with Crippen molar-refractivity contribution in [2.24, 2.45) is 5.73 Å². The molecular weight excluding hydrogens is 221 g/mol. The monoisotopic (exact) mass is 229 g/mol. The Morgan fingerprint density at radius 2 is 2.38 bits per heavy atom. The van der Waals surface area contributed by atoms with E-state index in [4.69, 9.17) is 10.8 Å². The zero-order valence-corrected chi connectivity index (χ0v) is 6.46. The van der Waals surface area contributed by atoms with Gasteiger partial charge >= 0.3 is 0 Å². The summed E-state index contributed by atoms with van der Waals surface area (Å²) in [4.78, 5) is 10.3. The number of hydrogen-bond acceptors (Lipinski definition) is 3. The van der Waals surface area contributed by atoms with E-state index in [2.05, 4.69) is 0 Å². The van der Waals surface area contributed by atoms with Crippen molar-refractivity contribution in [3.05, 3.63) is 0 Å². The van der Waals surface area contributed by atoms with Gasteiger partial charge in [0.1, 0.15) is 0 Å². The van der Waals surface area contributed by atoms with Gasteiger partial charge in [0.05, 0.1) is 6.04 Å². The lowest BCUT2D eigenvalue weighted by molar-refractivity contribution is -0.110. The summed E-state index contributed by atoms with van der Waals surface area (Å²) in [5, 5.41) is 8.25. The molecule has 4 heteroatoms. The molecule has 0 aromatic carbocycles. The van der Waals surface area contributed by atoms with Crippen LogP contribution in [0.4, 0.5) is 0 Å². The minimum Gasteiger partial charge on any atom is -0.396 e. The summed E-state index contributed by atoms with van der Waals surface area (Å²) in [7, 11) is 0. The van der Waals surface area contributed by atoms with Crippen LogP contribution in [0.25, 0.3) is 0 Å². The molecule has 3 N–H and O–H groups in total. The van der Waals surface area contributed by atoms with Crippen molar-refractivity contribution >= 4 is 26.4 Å². The van der Waals surface area contributed by atoms with Gasteiger partial charge in [0.2, 0.25) is 3.79 Å². The van der Waals surface area contributed by atoms with Gasteiger partial charge in [0, 0.05) is 29.2 Å². The highest BCUT2D eigenvalue weighted by molar-refractivity contribution is 14.1. The maximum Gasteiger partial charge on any atom is 0.209 e. The van der Waals surface area contributed by atoms with Crippen molar-refractivity contribution in [2.75, 3.05) is 6.61 Å². The van der Waals surface area contributed by atoms with Gasteiger partial charge in [-0.1, -0.05) is 0 Å². The lowest BCUT2D eigenvalue weighted by Crippen LogP contribution is -2.27. The molecule has 0 fully saturated rings. The summed E-state index contributed by atoms with van der Waals surface area (Å²) < 4.78 is -0.100. The molecule has 3 nitrogen and oxygen atoms in total. The van der Waals surface area contributed by atoms with E-state index in [1.54, 1.807) is 22.6 Å². The summed E-state index contributed by atoms with van der Waals surface area (Å²) in [5.74, 6) is 0. The Morgan fingerprint density at radius 3 is 2.50 bits per heavy atom. The third-order valence-electron chi connectivity index (χ3n) is 0.732. The molecular formula is C4H8INO2. The number of carbonyl (C=O) groups is 1. The second-order valence-electron chi connectivity index (χ2n) is 1.42. The molecule has 0 aromatic rings. The SMILES string of the molecule is N[C@@H](CCO)C(=O)I. The van der Waals surface area contributed by atoms with Crippen molar-refractivity contribution in [1.82, 2.24) is 0 Å². The van der Waals surface area contributed by atoms with E-state index in [1.165, 1.54) is 0 Å². The lowest BCUT2D eigenvalue weighted by atomic mass is 10.3. The first-order valence-electron chi connectivity index (χ1n) is 2.24. The van der Waals surface area contributed by atoms with E-state index in [0.717, 1.165) is 0 Å². The molecule has 0 saturated carbocycles. The number of halogens is 1. The molecule has 0 aliphatic rings. The highest BCUT2D eigenvalue weighted by atomic mass is 127. The zero-order chi connectivity index (χ0) is 6.57. The third-order valence-corrected chi connectivity index (χ3v) is 1.53. The second kappa shape index (κ2) is 4.22. The fourth-order valence-electron chi connectivity index (χ4n) is 0.253. The fourth-order valence-corrected chi connectivity index (χ4v) is 0.564. The van der Waals surface area contributed by atoms with Crippen molar-refractivity contribution in [1.29, 1.82) is 0 Å². The van der Waals surface area contributed by atoms with Crippen molar-refractivity contribution < 1.29 is 9.90 Å². The highest BCUT2D eigenvalue weighted by Gasteiger charge is 2.06. The van der Waals surface area contributed by atoms with Gasteiger partial charge in [-0.15, -0.1) is 0 Å². The van der Waals surface area contributed by atoms with Crippen LogP contribution >= 0.6 is 22.6 Å². The minimum absolute atomic E-state index is 0.0179. The van der Waals surface area contributed by atoms with Crippen LogP contribution in [0.15, 0.2) is 0 Å². The molecule has 0 radical (unpaired) electrons. The van der Waals surface area contributed by atoms with Gasteiger partial charge in [0.25, 0.3) is 0 Å². The highest BCUT2D eigenvalue weighted by Crippen LogP contribution is 1.94. The summed E-state index contributed by atoms with van der Waals surface area (Å²) in [5.41, 5.74) is 5.21. The van der Waals surface area contributed by atoms with Crippen LogP contribution in [-0.2, 0) is 4.79 Å². The van der Waals surface area contributed by atoms with Gasteiger partial charge in [-0.05, 0) is 6.42 Å². The van der Waals surface area contributed by atoms with Gasteiger partial charge in [0.15, 0.2) is 0 Å². The van der Waals surface area contributed by atoms with Gasteiger partial charge in [-0.3, -0.25) is 4.79 Å². The van der Waals surface area contributed by atoms with E-state index in [1.807, 2.05) is 0 Å². The molecule has 1 atom stereocenters. The molecule has 0 aromatic heterocycles. The Hall–Kier alpha value is 0.320. The first-order valence-corrected chi connectivity index (χ1v) is 3.32. The van der Waals surface area contributed by atoms with Crippen LogP contribution in [-0.4, -0.2) is 21.5 Å². The third kappa shape index (κ3) is 3.34. The van der Waals surface area contributed by atoms with Gasteiger partial charge in [-0.25, -0.2) is 0 Å². The topological polar surface area (TPSA) is 63.3 Å². The van der Waals surface area contributed by atoms with E-state index < -0.39 is 6.04 Å². The molecule has 0 aliphatic heterocycles. The van der Waals surface area contributed by atoms with Crippen LogP contribution in [0.3, 0.4) is 0 Å². The number of aliphatic hydroxyl groups excluding tert-OH is 1. The van der Waals surface area contributed by atoms with E-state index in [9.17, 15) is 4.79 Å². The minimum atomic E-state index is -0.486. The maximum absolute atomic E-state index is 10.3. The second-order valence-corrected chi connectivity index (χ2v) is 2.49. The fraction of sp³-hybridized carbons (Fsp3) is 0.750. The average molecular weight is 229 g/mol. The Kier molecular flexibility index (Phi) is 4.39. The Labute approximate surface area is 61.4 Å². The van der Waals surface area contributed by atoms with Crippen LogP contribution in [0.2, 0.25) is 0 Å². The standard InChI is InChI=1S/C4H8INO2/c5-4(8)3(6)1-2-7/h3,7H,1-2,6H2/t3-/m0/s1. The first kappa shape index (κ1) is 8.32. The van der Waals surface area contributed by atoms with Crippen LogP contribution in [0.5, 0.6) is 0 Å². The molecule has 0 amide bonds. The number of hydrogen-bond donors (Lipinski definition) is 2. The van der Waals surface area contributed by atoms with Crippen molar-refractivity contribution in [3.8, 4) is 0 Å². The van der Waals surface area contributed by atoms with E-state index in [-0.39, 0.29) is 10.4 Å². The molecule has 48 valence electrons. The molecule has 0 spiro atoms. The maximum atomic E-state index is 10.3. The Balaban J connectivity index is 3.32. The lowest BCUT2D eigenvalue weighted by Gasteiger charge is -2.00. The first-order chi connectivity index (χ1) is 3.68. The zero-order valence-electron chi connectivity index (χ0n) is 4.30. The number of aliphatic hydroxyl groups is 1. The Morgan fingerprint density at radius 1 is 1.88 bits per heavy atom. The molecule has 0 aliphatic carbocycles. The van der Waals surface area contributed by atoms with Crippen molar-refractivity contribution in [2.45, 2.75) is 12.5 Å². The largest absolute Gasteiger partial charge is 0.396 e. The van der Waals surface area contributed by atoms with Crippen molar-refractivity contribution in [3.63, 3.8) is 0 Å². The van der Waals surface area contributed by atoms with Crippen LogP contribution < -0.4 is 5.73 Å². The predicted octanol–water partition coefficient (Wildman–Crippen LogP) is -0.342.